The zero-order valence-corrected chi connectivity index (χ0v) is 16.0. The minimum atomic E-state index is -0.147. The van der Waals surface area contributed by atoms with Gasteiger partial charge in [0, 0.05) is 38.2 Å². The van der Waals surface area contributed by atoms with Crippen molar-refractivity contribution in [2.24, 2.45) is 5.92 Å². The van der Waals surface area contributed by atoms with Crippen LogP contribution < -0.4 is 11.0 Å². The first-order valence-corrected chi connectivity index (χ1v) is 9.75. The SMILES string of the molecule is COCCNc1ncc(-c2cnc3[nH]c(=O)n(CC4CCCCC4)c3n2)cn1. The summed E-state index contributed by atoms with van der Waals surface area (Å²) in [4.78, 5) is 32.9. The van der Waals surface area contributed by atoms with Gasteiger partial charge in [-0.15, -0.1) is 0 Å². The Kier molecular flexibility index (Phi) is 5.61. The second-order valence-electron chi connectivity index (χ2n) is 7.19. The van der Waals surface area contributed by atoms with Crippen molar-refractivity contribution in [3.63, 3.8) is 0 Å². The smallest absolute Gasteiger partial charge is 0.328 e. The minimum Gasteiger partial charge on any atom is -0.383 e. The normalized spacial score (nSPS) is 15.2. The summed E-state index contributed by atoms with van der Waals surface area (Å²) in [5.41, 5.74) is 2.36. The number of aromatic amines is 1. The van der Waals surface area contributed by atoms with Gasteiger partial charge >= 0.3 is 5.69 Å². The van der Waals surface area contributed by atoms with Gasteiger partial charge < -0.3 is 10.1 Å². The number of imidazole rings is 1. The van der Waals surface area contributed by atoms with E-state index in [2.05, 4.69) is 30.2 Å². The van der Waals surface area contributed by atoms with Gasteiger partial charge in [0.1, 0.15) is 0 Å². The number of rotatable bonds is 7. The number of methoxy groups -OCH3 is 1. The quantitative estimate of drug-likeness (QED) is 0.602. The molecule has 28 heavy (non-hydrogen) atoms. The molecule has 148 valence electrons. The maximum atomic E-state index is 12.4. The number of nitrogens with zero attached hydrogens (tertiary/aromatic N) is 5. The Balaban J connectivity index is 1.58. The molecule has 1 fully saturated rings. The third-order valence-corrected chi connectivity index (χ3v) is 5.18. The molecular weight excluding hydrogens is 358 g/mol. The van der Waals surface area contributed by atoms with Gasteiger partial charge in [-0.25, -0.2) is 24.7 Å². The predicted molar refractivity (Wildman–Crippen MR) is 106 cm³/mol. The van der Waals surface area contributed by atoms with E-state index < -0.39 is 0 Å². The molecular formula is C19H25N7O2. The van der Waals surface area contributed by atoms with Gasteiger partial charge in [0.05, 0.1) is 18.5 Å². The average molecular weight is 383 g/mol. The van der Waals surface area contributed by atoms with Gasteiger partial charge in [-0.1, -0.05) is 19.3 Å². The fourth-order valence-electron chi connectivity index (χ4n) is 3.67. The second-order valence-corrected chi connectivity index (χ2v) is 7.19. The molecule has 0 aliphatic heterocycles. The number of aromatic nitrogens is 6. The molecule has 4 rings (SSSR count). The van der Waals surface area contributed by atoms with Gasteiger partial charge in [-0.3, -0.25) is 9.55 Å². The van der Waals surface area contributed by atoms with Crippen molar-refractivity contribution in [1.29, 1.82) is 0 Å². The Morgan fingerprint density at radius 1 is 1.18 bits per heavy atom. The Labute approximate surface area is 162 Å². The minimum absolute atomic E-state index is 0.147. The van der Waals surface area contributed by atoms with Crippen LogP contribution in [0.2, 0.25) is 0 Å². The molecule has 9 nitrogen and oxygen atoms in total. The lowest BCUT2D eigenvalue weighted by molar-refractivity contribution is 0.210. The largest absolute Gasteiger partial charge is 0.383 e. The Morgan fingerprint density at radius 3 is 2.71 bits per heavy atom. The molecule has 0 spiro atoms. The number of hydrogen-bond acceptors (Lipinski definition) is 7. The van der Waals surface area contributed by atoms with Crippen LogP contribution in [0.4, 0.5) is 5.95 Å². The standard InChI is InChI=1S/C19H25N7O2/c1-28-8-7-20-18-22-9-14(10-23-18)15-11-21-16-17(24-15)26(19(27)25-16)12-13-5-3-2-4-6-13/h9-11,13H,2-8,12H2,1H3,(H,20,22,23)(H,21,25,27). The predicted octanol–water partition coefficient (Wildman–Crippen LogP) is 2.22. The molecule has 1 saturated carbocycles. The molecule has 3 heterocycles. The summed E-state index contributed by atoms with van der Waals surface area (Å²) in [6.45, 7) is 1.91. The monoisotopic (exact) mass is 383 g/mol. The first kappa shape index (κ1) is 18.5. The van der Waals surface area contributed by atoms with Gasteiger partial charge in [0.25, 0.3) is 0 Å². The fraction of sp³-hybridized carbons (Fsp3) is 0.526. The zero-order chi connectivity index (χ0) is 19.3. The molecule has 0 aromatic carbocycles. The molecule has 0 radical (unpaired) electrons. The van der Waals surface area contributed by atoms with Crippen LogP contribution in [0.15, 0.2) is 23.4 Å². The summed E-state index contributed by atoms with van der Waals surface area (Å²) in [6.07, 6.45) is 11.1. The third kappa shape index (κ3) is 4.04. The summed E-state index contributed by atoms with van der Waals surface area (Å²) in [5.74, 6) is 1.06. The van der Waals surface area contributed by atoms with Gasteiger partial charge in [0.15, 0.2) is 11.3 Å². The van der Waals surface area contributed by atoms with E-state index in [1.807, 2.05) is 0 Å². The maximum absolute atomic E-state index is 12.4. The van der Waals surface area contributed by atoms with E-state index in [4.69, 9.17) is 4.74 Å². The number of hydrogen-bond donors (Lipinski definition) is 2. The summed E-state index contributed by atoms with van der Waals surface area (Å²) in [7, 11) is 1.65. The molecule has 0 atom stereocenters. The molecule has 0 bridgehead atoms. The van der Waals surface area contributed by atoms with Crippen LogP contribution in [0.5, 0.6) is 0 Å². The lowest BCUT2D eigenvalue weighted by Gasteiger charge is -2.21. The lowest BCUT2D eigenvalue weighted by atomic mass is 9.89. The van der Waals surface area contributed by atoms with Gasteiger partial charge in [0.2, 0.25) is 5.95 Å². The van der Waals surface area contributed by atoms with E-state index in [0.29, 0.717) is 48.6 Å². The number of fused-ring (bicyclic) bond motifs is 1. The van der Waals surface area contributed by atoms with Crippen LogP contribution in [0.1, 0.15) is 32.1 Å². The van der Waals surface area contributed by atoms with Crippen LogP contribution in [0.25, 0.3) is 22.6 Å². The Hall–Kier alpha value is -2.81. The molecule has 0 amide bonds. The first-order chi connectivity index (χ1) is 13.7. The highest BCUT2D eigenvalue weighted by atomic mass is 16.5. The number of anilines is 1. The second kappa shape index (κ2) is 8.47. The molecule has 1 aliphatic carbocycles. The summed E-state index contributed by atoms with van der Waals surface area (Å²) < 4.78 is 6.72. The summed E-state index contributed by atoms with van der Waals surface area (Å²) in [5, 5.41) is 3.08. The number of nitrogens with one attached hydrogen (secondary N) is 2. The van der Waals surface area contributed by atoms with Gasteiger partial charge in [-0.2, -0.15) is 0 Å². The van der Waals surface area contributed by atoms with Crippen LogP contribution in [-0.2, 0) is 11.3 Å². The average Bonchev–Trinajstić information content (AvgIpc) is 3.04. The van der Waals surface area contributed by atoms with Crippen LogP contribution in [0.3, 0.4) is 0 Å². The van der Waals surface area contributed by atoms with Crippen molar-refractivity contribution in [3.8, 4) is 11.3 Å². The van der Waals surface area contributed by atoms with E-state index in [-0.39, 0.29) is 5.69 Å². The topological polar surface area (TPSA) is 111 Å². The van der Waals surface area contributed by atoms with Crippen molar-refractivity contribution in [2.45, 2.75) is 38.6 Å². The van der Waals surface area contributed by atoms with Crippen molar-refractivity contribution in [3.05, 3.63) is 29.1 Å². The highest BCUT2D eigenvalue weighted by Crippen LogP contribution is 2.25. The Bertz CT molecular complexity index is 974. The van der Waals surface area contributed by atoms with Crippen LogP contribution in [-0.4, -0.2) is 49.7 Å². The summed E-state index contributed by atoms with van der Waals surface area (Å²) in [6, 6.07) is 0. The zero-order valence-electron chi connectivity index (χ0n) is 16.0. The molecule has 1 aliphatic rings. The van der Waals surface area contributed by atoms with E-state index in [1.54, 1.807) is 30.3 Å². The van der Waals surface area contributed by atoms with E-state index in [1.165, 1.54) is 19.3 Å². The van der Waals surface area contributed by atoms with E-state index >= 15 is 0 Å². The third-order valence-electron chi connectivity index (χ3n) is 5.18. The van der Waals surface area contributed by atoms with Gasteiger partial charge in [-0.05, 0) is 18.8 Å². The number of ether oxygens (including phenoxy) is 1. The molecule has 9 heteroatoms. The Morgan fingerprint density at radius 2 is 1.96 bits per heavy atom. The molecule has 2 N–H and O–H groups in total. The number of H-pyrrole nitrogens is 1. The molecule has 3 aromatic heterocycles. The van der Waals surface area contributed by atoms with Crippen molar-refractivity contribution >= 4 is 17.2 Å². The maximum Gasteiger partial charge on any atom is 0.328 e. The first-order valence-electron chi connectivity index (χ1n) is 9.75. The van der Waals surface area contributed by atoms with Crippen LogP contribution >= 0.6 is 0 Å². The highest BCUT2D eigenvalue weighted by molar-refractivity contribution is 5.70. The molecule has 0 saturated heterocycles. The van der Waals surface area contributed by atoms with E-state index in [9.17, 15) is 4.79 Å². The van der Waals surface area contributed by atoms with Crippen LogP contribution in [0, 0.1) is 5.92 Å². The van der Waals surface area contributed by atoms with E-state index in [0.717, 1.165) is 18.4 Å². The van der Waals surface area contributed by atoms with Crippen molar-refractivity contribution in [1.82, 2.24) is 29.5 Å². The molecule has 3 aromatic rings. The van der Waals surface area contributed by atoms with Crippen molar-refractivity contribution in [2.75, 3.05) is 25.6 Å². The highest BCUT2D eigenvalue weighted by Gasteiger charge is 2.18. The molecule has 0 unspecified atom stereocenters. The fourth-order valence-corrected chi connectivity index (χ4v) is 3.67. The summed E-state index contributed by atoms with van der Waals surface area (Å²) >= 11 is 0. The van der Waals surface area contributed by atoms with Crippen molar-refractivity contribution < 1.29 is 4.74 Å². The lowest BCUT2D eigenvalue weighted by Crippen LogP contribution is -2.23.